The van der Waals surface area contributed by atoms with Crippen molar-refractivity contribution < 1.29 is 33.4 Å². The molecule has 0 radical (unpaired) electrons. The van der Waals surface area contributed by atoms with Crippen molar-refractivity contribution in [3.05, 3.63) is 84.3 Å². The molecule has 4 aliphatic heterocycles. The van der Waals surface area contributed by atoms with Gasteiger partial charge in [0.25, 0.3) is 11.8 Å². The number of rotatable bonds is 13. The van der Waals surface area contributed by atoms with Crippen molar-refractivity contribution in [1.29, 1.82) is 0 Å². The zero-order valence-electron chi connectivity index (χ0n) is 32.4. The third kappa shape index (κ3) is 6.58. The van der Waals surface area contributed by atoms with Crippen LogP contribution >= 0.6 is 0 Å². The summed E-state index contributed by atoms with van der Waals surface area (Å²) in [6, 6.07) is 16.9. The molecule has 5 aromatic rings. The lowest BCUT2D eigenvalue weighted by Crippen LogP contribution is -2.64. The maximum Gasteiger partial charge on any atom is 0.262 e. The third-order valence-electron chi connectivity index (χ3n) is 12.6. The van der Waals surface area contributed by atoms with Crippen LogP contribution in [-0.2, 0) is 26.1 Å². The van der Waals surface area contributed by atoms with E-state index >= 15 is 0 Å². The number of piperidine rings is 1. The number of fused-ring (bicyclic) bond motifs is 4. The number of likely N-dealkylation sites (tertiary alicyclic amines) is 1. The number of aryl methyl sites for hydroxylation is 1. The highest BCUT2D eigenvalue weighted by Gasteiger charge is 2.53. The van der Waals surface area contributed by atoms with Crippen LogP contribution in [0.1, 0.15) is 52.8 Å². The molecule has 1 unspecified atom stereocenters. The number of aromatic nitrogens is 3. The lowest BCUT2D eigenvalue weighted by atomic mass is 9.62. The van der Waals surface area contributed by atoms with Crippen LogP contribution in [0.5, 0.6) is 5.88 Å². The van der Waals surface area contributed by atoms with E-state index in [4.69, 9.17) is 14.2 Å². The van der Waals surface area contributed by atoms with Crippen LogP contribution in [-0.4, -0.2) is 119 Å². The summed E-state index contributed by atoms with van der Waals surface area (Å²) >= 11 is 0. The summed E-state index contributed by atoms with van der Waals surface area (Å²) in [7, 11) is 2.09. The van der Waals surface area contributed by atoms with Gasteiger partial charge in [-0.05, 0) is 67.6 Å². The fourth-order valence-electron chi connectivity index (χ4n) is 9.45. The van der Waals surface area contributed by atoms with Crippen LogP contribution in [0.25, 0.3) is 32.9 Å². The summed E-state index contributed by atoms with van der Waals surface area (Å²) in [5.74, 6) is -1.32. The molecule has 14 heteroatoms. The number of pyridine rings is 2. The van der Waals surface area contributed by atoms with Crippen molar-refractivity contribution in [1.82, 2.24) is 29.7 Å². The van der Waals surface area contributed by atoms with Crippen molar-refractivity contribution >= 4 is 51.1 Å². The van der Waals surface area contributed by atoms with Crippen molar-refractivity contribution in [3.8, 4) is 17.0 Å². The van der Waals surface area contributed by atoms with Crippen LogP contribution in [0, 0.1) is 5.41 Å². The fraction of sp³-hybridized carbons (Fsp3) is 0.409. The SMILES string of the molecule is Cn1c2ccncc2c2ccc(-c3ccc(OC4CC5(C4)CN(CCOCCCOC4CN(c6ccc7c(c6)C(=O)N(C6CCC(=O)NC6=O)C7=O)C4)C5)nc3)cc21. The second-order valence-corrected chi connectivity index (χ2v) is 16.5. The Labute approximate surface area is 335 Å². The highest BCUT2D eigenvalue weighted by atomic mass is 16.5. The number of ether oxygens (including phenoxy) is 3. The molecule has 1 saturated carbocycles. The Hall–Kier alpha value is -5.70. The molecule has 14 nitrogen and oxygen atoms in total. The number of hydrogen-bond donors (Lipinski definition) is 1. The highest BCUT2D eigenvalue weighted by Crippen LogP contribution is 2.49. The molecule has 4 amide bonds. The molecule has 2 aromatic carbocycles. The van der Waals surface area contributed by atoms with Gasteiger partial charge in [0.05, 0.1) is 29.4 Å². The van der Waals surface area contributed by atoms with Crippen LogP contribution in [0.15, 0.2) is 73.2 Å². The highest BCUT2D eigenvalue weighted by molar-refractivity contribution is 6.23. The number of carbonyl (C=O) groups is 4. The summed E-state index contributed by atoms with van der Waals surface area (Å²) in [6.45, 7) is 6.44. The summed E-state index contributed by atoms with van der Waals surface area (Å²) in [5, 5.41) is 4.59. The molecule has 3 aromatic heterocycles. The number of anilines is 1. The first-order chi connectivity index (χ1) is 28.2. The Morgan fingerprint density at radius 2 is 1.66 bits per heavy atom. The van der Waals surface area contributed by atoms with Crippen LogP contribution in [0.4, 0.5) is 5.69 Å². The Bertz CT molecular complexity index is 2450. The van der Waals surface area contributed by atoms with Gasteiger partial charge in [-0.1, -0.05) is 12.1 Å². The van der Waals surface area contributed by atoms with Gasteiger partial charge in [-0.2, -0.15) is 0 Å². The first-order valence-corrected chi connectivity index (χ1v) is 20.2. The van der Waals surface area contributed by atoms with Crippen LogP contribution in [0.3, 0.4) is 0 Å². The van der Waals surface area contributed by atoms with Crippen molar-refractivity contribution in [2.24, 2.45) is 12.5 Å². The standard InChI is InChI=1S/C44H45N7O7/c1-48-36-11-12-45-22-35(36)32-6-3-27(17-38(32)48)28-4-10-40(46-21-28)58-30-19-44(20-30)25-49(26-44)13-16-56-14-2-15-57-31-23-50(24-31)29-5-7-33-34(18-29)43(55)51(42(33)54)37-8-9-39(52)47-41(37)53/h3-7,10-12,17-18,21-22,30-31,37H,2,8-9,13-16,19-20,23-26H2,1H3,(H,47,52,53). The molecular weight excluding hydrogens is 739 g/mol. The number of imide groups is 2. The molecule has 10 rings (SSSR count). The lowest BCUT2D eigenvalue weighted by molar-refractivity contribution is -0.136. The number of carbonyl (C=O) groups excluding carboxylic acids is 4. The van der Waals surface area contributed by atoms with Crippen molar-refractivity contribution in [3.63, 3.8) is 0 Å². The summed E-state index contributed by atoms with van der Waals surface area (Å²) in [6.07, 6.45) is 9.13. The van der Waals surface area contributed by atoms with E-state index in [9.17, 15) is 19.2 Å². The molecule has 58 heavy (non-hydrogen) atoms. The van der Waals surface area contributed by atoms with Gasteiger partial charge >= 0.3 is 0 Å². The van der Waals surface area contributed by atoms with Gasteiger partial charge in [-0.15, -0.1) is 0 Å². The quantitative estimate of drug-likeness (QED) is 0.134. The summed E-state index contributed by atoms with van der Waals surface area (Å²) in [4.78, 5) is 64.6. The Kier molecular flexibility index (Phi) is 9.22. The molecule has 1 N–H and O–H groups in total. The Balaban J connectivity index is 0.593. The molecule has 3 saturated heterocycles. The minimum Gasteiger partial charge on any atom is -0.474 e. The molecular formula is C44H45N7O7. The van der Waals surface area contributed by atoms with Gasteiger partial charge in [0.15, 0.2) is 0 Å². The number of amides is 4. The average Bonchev–Trinajstić information content (AvgIpc) is 3.61. The van der Waals surface area contributed by atoms with Gasteiger partial charge in [-0.3, -0.25) is 39.3 Å². The van der Waals surface area contributed by atoms with E-state index in [1.165, 1.54) is 16.4 Å². The smallest absolute Gasteiger partial charge is 0.262 e. The molecule has 1 atom stereocenters. The summed E-state index contributed by atoms with van der Waals surface area (Å²) < 4.78 is 20.4. The Morgan fingerprint density at radius 3 is 2.47 bits per heavy atom. The minimum absolute atomic E-state index is 0.0865. The van der Waals surface area contributed by atoms with E-state index < -0.39 is 29.7 Å². The predicted molar refractivity (Wildman–Crippen MR) is 214 cm³/mol. The number of nitrogens with one attached hydrogen (secondary N) is 1. The maximum atomic E-state index is 13.2. The predicted octanol–water partition coefficient (Wildman–Crippen LogP) is 4.35. The van der Waals surface area contributed by atoms with E-state index in [1.54, 1.807) is 12.1 Å². The average molecular weight is 784 g/mol. The van der Waals surface area contributed by atoms with Crippen LogP contribution < -0.4 is 15.0 Å². The van der Waals surface area contributed by atoms with Crippen molar-refractivity contribution in [2.75, 3.05) is 57.4 Å². The fourth-order valence-corrected chi connectivity index (χ4v) is 9.45. The second-order valence-electron chi connectivity index (χ2n) is 16.5. The van der Waals surface area contributed by atoms with Gasteiger partial charge in [0, 0.05) is 117 Å². The largest absolute Gasteiger partial charge is 0.474 e. The van der Waals surface area contributed by atoms with Gasteiger partial charge in [0.1, 0.15) is 12.1 Å². The van der Waals surface area contributed by atoms with E-state index in [-0.39, 0.29) is 36.2 Å². The molecule has 5 aliphatic rings. The molecule has 0 bridgehead atoms. The molecule has 4 fully saturated rings. The van der Waals surface area contributed by atoms with Gasteiger partial charge in [0.2, 0.25) is 17.7 Å². The van der Waals surface area contributed by atoms with Gasteiger partial charge < -0.3 is 23.7 Å². The van der Waals surface area contributed by atoms with E-state index in [1.807, 2.05) is 30.7 Å². The topological polar surface area (TPSA) is 148 Å². The number of benzene rings is 2. The monoisotopic (exact) mass is 783 g/mol. The van der Waals surface area contributed by atoms with E-state index in [0.717, 1.165) is 66.0 Å². The molecule has 1 spiro atoms. The zero-order valence-corrected chi connectivity index (χ0v) is 32.4. The third-order valence-corrected chi connectivity index (χ3v) is 12.6. The lowest BCUT2D eigenvalue weighted by Gasteiger charge is -2.58. The summed E-state index contributed by atoms with van der Waals surface area (Å²) in [5.41, 5.74) is 6.30. The van der Waals surface area contributed by atoms with Gasteiger partial charge in [-0.25, -0.2) is 4.98 Å². The zero-order chi connectivity index (χ0) is 39.5. The van der Waals surface area contributed by atoms with E-state index in [2.05, 4.69) is 67.0 Å². The van der Waals surface area contributed by atoms with Crippen molar-refractivity contribution in [2.45, 2.75) is 50.4 Å². The second kappa shape index (κ2) is 14.6. The first kappa shape index (κ1) is 36.6. The maximum absolute atomic E-state index is 13.2. The number of nitrogens with zero attached hydrogens (tertiary/aromatic N) is 6. The Morgan fingerprint density at radius 1 is 0.828 bits per heavy atom. The first-order valence-electron chi connectivity index (χ1n) is 20.2. The molecule has 7 heterocycles. The minimum atomic E-state index is -0.970. The normalized spacial score (nSPS) is 20.7. The molecule has 1 aliphatic carbocycles. The van der Waals surface area contributed by atoms with Crippen LogP contribution in [0.2, 0.25) is 0 Å². The molecule has 298 valence electrons. The van der Waals surface area contributed by atoms with E-state index in [0.29, 0.717) is 44.2 Å². The number of hydrogen-bond acceptors (Lipinski definition) is 11.